The fraction of sp³-hybridized carbons (Fsp3) is 0.357. The van der Waals surface area contributed by atoms with Crippen molar-refractivity contribution in [3.8, 4) is 5.75 Å². The molecular weight excluding hydrogens is 214 g/mol. The van der Waals surface area contributed by atoms with Crippen LogP contribution in [0.2, 0.25) is 0 Å². The molecule has 0 heterocycles. The smallest absolute Gasteiger partial charge is 0.211 e. The molecule has 0 spiro atoms. The Morgan fingerprint density at radius 2 is 1.94 bits per heavy atom. The van der Waals surface area contributed by atoms with Crippen LogP contribution in [-0.2, 0) is 4.79 Å². The first-order valence-corrected chi connectivity index (χ1v) is 5.63. The van der Waals surface area contributed by atoms with E-state index in [0.29, 0.717) is 6.41 Å². The number of hydrogen-bond donors (Lipinski definition) is 1. The molecule has 0 saturated carbocycles. The Morgan fingerprint density at radius 3 is 2.47 bits per heavy atom. The molecule has 0 saturated heterocycles. The standard InChI is InChI=1S/C14H19NO2/c1-6-10(3)17-13-7-9(2)14(15-8-16)12(5)11(13)4/h6-8H,1-5H3,(H,15,16). The van der Waals surface area contributed by atoms with Crippen molar-refractivity contribution in [2.45, 2.75) is 34.6 Å². The zero-order chi connectivity index (χ0) is 13.0. The lowest BCUT2D eigenvalue weighted by Crippen LogP contribution is -2.03. The van der Waals surface area contributed by atoms with Gasteiger partial charge in [0, 0.05) is 5.69 Å². The first kappa shape index (κ1) is 13.3. The van der Waals surface area contributed by atoms with Gasteiger partial charge in [-0.15, -0.1) is 0 Å². The van der Waals surface area contributed by atoms with Gasteiger partial charge in [0.15, 0.2) is 0 Å². The topological polar surface area (TPSA) is 38.3 Å². The van der Waals surface area contributed by atoms with Crippen molar-refractivity contribution in [1.29, 1.82) is 0 Å². The minimum absolute atomic E-state index is 0.701. The Labute approximate surface area is 102 Å². The van der Waals surface area contributed by atoms with Crippen molar-refractivity contribution in [2.75, 3.05) is 5.32 Å². The van der Waals surface area contributed by atoms with E-state index >= 15 is 0 Å². The van der Waals surface area contributed by atoms with Crippen LogP contribution in [-0.4, -0.2) is 6.41 Å². The van der Waals surface area contributed by atoms with Crippen molar-refractivity contribution in [2.24, 2.45) is 0 Å². The Balaban J connectivity index is 3.23. The molecule has 0 aliphatic rings. The molecule has 3 heteroatoms. The summed E-state index contributed by atoms with van der Waals surface area (Å²) in [5.41, 5.74) is 3.94. The number of carbonyl (C=O) groups is 1. The summed E-state index contributed by atoms with van der Waals surface area (Å²) in [6.45, 7) is 9.78. The van der Waals surface area contributed by atoms with E-state index in [1.807, 2.05) is 46.8 Å². The average molecular weight is 233 g/mol. The molecule has 1 aromatic rings. The normalized spacial score (nSPS) is 11.2. The highest BCUT2D eigenvalue weighted by molar-refractivity contribution is 5.77. The van der Waals surface area contributed by atoms with Crippen LogP contribution in [0, 0.1) is 20.8 Å². The van der Waals surface area contributed by atoms with Gasteiger partial charge in [-0.25, -0.2) is 0 Å². The fourth-order valence-electron chi connectivity index (χ4n) is 1.66. The minimum Gasteiger partial charge on any atom is -0.462 e. The highest BCUT2D eigenvalue weighted by Crippen LogP contribution is 2.31. The lowest BCUT2D eigenvalue weighted by Gasteiger charge is -2.16. The van der Waals surface area contributed by atoms with Crippen LogP contribution in [0.15, 0.2) is 17.9 Å². The number of amides is 1. The Kier molecular flexibility index (Phi) is 4.32. The first-order valence-electron chi connectivity index (χ1n) is 5.63. The van der Waals surface area contributed by atoms with E-state index in [9.17, 15) is 4.79 Å². The van der Waals surface area contributed by atoms with E-state index in [4.69, 9.17) is 4.74 Å². The predicted octanol–water partition coefficient (Wildman–Crippen LogP) is 3.48. The van der Waals surface area contributed by atoms with Gasteiger partial charge in [-0.3, -0.25) is 4.79 Å². The summed E-state index contributed by atoms with van der Waals surface area (Å²) in [5.74, 6) is 1.70. The van der Waals surface area contributed by atoms with Gasteiger partial charge in [0.1, 0.15) is 5.75 Å². The average Bonchev–Trinajstić information content (AvgIpc) is 2.31. The number of rotatable bonds is 4. The van der Waals surface area contributed by atoms with Gasteiger partial charge in [-0.05, 0) is 63.5 Å². The van der Waals surface area contributed by atoms with E-state index in [2.05, 4.69) is 5.32 Å². The van der Waals surface area contributed by atoms with Crippen LogP contribution < -0.4 is 10.1 Å². The van der Waals surface area contributed by atoms with Gasteiger partial charge in [0.05, 0.1) is 5.76 Å². The van der Waals surface area contributed by atoms with Gasteiger partial charge >= 0.3 is 0 Å². The van der Waals surface area contributed by atoms with E-state index in [0.717, 1.165) is 33.9 Å². The third kappa shape index (κ3) is 2.87. The molecule has 0 aliphatic carbocycles. The number of ether oxygens (including phenoxy) is 1. The van der Waals surface area contributed by atoms with Gasteiger partial charge in [0.2, 0.25) is 6.41 Å². The molecule has 3 nitrogen and oxygen atoms in total. The van der Waals surface area contributed by atoms with Crippen molar-refractivity contribution in [1.82, 2.24) is 0 Å². The number of hydrogen-bond acceptors (Lipinski definition) is 2. The van der Waals surface area contributed by atoms with Crippen LogP contribution in [0.1, 0.15) is 30.5 Å². The Hall–Kier alpha value is -1.77. The van der Waals surface area contributed by atoms with Crippen molar-refractivity contribution in [3.05, 3.63) is 34.6 Å². The summed E-state index contributed by atoms with van der Waals surface area (Å²) >= 11 is 0. The van der Waals surface area contributed by atoms with E-state index in [-0.39, 0.29) is 0 Å². The molecule has 0 atom stereocenters. The molecule has 1 N–H and O–H groups in total. The maximum absolute atomic E-state index is 10.5. The molecule has 0 aliphatic heterocycles. The first-order chi connectivity index (χ1) is 8.01. The molecule has 92 valence electrons. The lowest BCUT2D eigenvalue weighted by molar-refractivity contribution is -0.105. The Morgan fingerprint density at radius 1 is 1.29 bits per heavy atom. The van der Waals surface area contributed by atoms with E-state index in [1.54, 1.807) is 0 Å². The lowest BCUT2D eigenvalue weighted by atomic mass is 10.0. The van der Waals surface area contributed by atoms with Crippen LogP contribution >= 0.6 is 0 Å². The number of allylic oxidation sites excluding steroid dienone is 2. The van der Waals surface area contributed by atoms with Crippen LogP contribution in [0.5, 0.6) is 5.75 Å². The molecule has 0 unspecified atom stereocenters. The quantitative estimate of drug-likeness (QED) is 0.638. The minimum atomic E-state index is 0.701. The number of nitrogens with one attached hydrogen (secondary N) is 1. The van der Waals surface area contributed by atoms with Crippen molar-refractivity contribution in [3.63, 3.8) is 0 Å². The number of benzene rings is 1. The third-order valence-corrected chi connectivity index (χ3v) is 2.93. The van der Waals surface area contributed by atoms with Gasteiger partial charge in [-0.2, -0.15) is 0 Å². The fourth-order valence-corrected chi connectivity index (χ4v) is 1.66. The second-order valence-electron chi connectivity index (χ2n) is 4.08. The van der Waals surface area contributed by atoms with E-state index in [1.165, 1.54) is 0 Å². The summed E-state index contributed by atoms with van der Waals surface area (Å²) in [6, 6.07) is 1.95. The van der Waals surface area contributed by atoms with Gasteiger partial charge in [-0.1, -0.05) is 0 Å². The molecule has 0 aromatic heterocycles. The highest BCUT2D eigenvalue weighted by Gasteiger charge is 2.11. The zero-order valence-corrected chi connectivity index (χ0v) is 11.0. The van der Waals surface area contributed by atoms with Gasteiger partial charge in [0.25, 0.3) is 0 Å². The number of carbonyl (C=O) groups excluding carboxylic acids is 1. The van der Waals surface area contributed by atoms with Crippen molar-refractivity contribution >= 4 is 12.1 Å². The van der Waals surface area contributed by atoms with E-state index < -0.39 is 0 Å². The Bertz CT molecular complexity index is 462. The number of aryl methyl sites for hydroxylation is 1. The number of anilines is 1. The molecule has 0 radical (unpaired) electrons. The summed E-state index contributed by atoms with van der Waals surface area (Å²) in [7, 11) is 0. The monoisotopic (exact) mass is 233 g/mol. The molecule has 17 heavy (non-hydrogen) atoms. The largest absolute Gasteiger partial charge is 0.462 e. The maximum Gasteiger partial charge on any atom is 0.211 e. The molecular formula is C14H19NO2. The molecule has 1 aromatic carbocycles. The van der Waals surface area contributed by atoms with Gasteiger partial charge < -0.3 is 10.1 Å². The molecule has 0 bridgehead atoms. The third-order valence-electron chi connectivity index (χ3n) is 2.93. The highest BCUT2D eigenvalue weighted by atomic mass is 16.5. The second kappa shape index (κ2) is 5.53. The summed E-state index contributed by atoms with van der Waals surface area (Å²) in [6.07, 6.45) is 2.62. The molecule has 1 rings (SSSR count). The predicted molar refractivity (Wildman–Crippen MR) is 70.4 cm³/mol. The van der Waals surface area contributed by atoms with Crippen LogP contribution in [0.3, 0.4) is 0 Å². The SMILES string of the molecule is CC=C(C)Oc1cc(C)c(NC=O)c(C)c1C. The van der Waals surface area contributed by atoms with Crippen LogP contribution in [0.25, 0.3) is 0 Å². The van der Waals surface area contributed by atoms with Crippen LogP contribution in [0.4, 0.5) is 5.69 Å². The summed E-state index contributed by atoms with van der Waals surface area (Å²) in [4.78, 5) is 10.5. The zero-order valence-electron chi connectivity index (χ0n) is 11.0. The molecule has 1 amide bonds. The van der Waals surface area contributed by atoms with Crippen molar-refractivity contribution < 1.29 is 9.53 Å². The maximum atomic E-state index is 10.5. The summed E-state index contributed by atoms with van der Waals surface area (Å²) < 4.78 is 5.73. The molecule has 0 fully saturated rings. The summed E-state index contributed by atoms with van der Waals surface area (Å²) in [5, 5.41) is 2.73. The second-order valence-corrected chi connectivity index (χ2v) is 4.08.